The van der Waals surface area contributed by atoms with E-state index >= 15 is 0 Å². The van der Waals surface area contributed by atoms with Crippen LogP contribution in [0.1, 0.15) is 42.0 Å². The molecule has 4 N–H and O–H groups in total. The summed E-state index contributed by atoms with van der Waals surface area (Å²) in [6.07, 6.45) is 2.36. The number of hydrogen-bond donors (Lipinski definition) is 4. The van der Waals surface area contributed by atoms with E-state index in [0.717, 1.165) is 0 Å². The molecule has 3 aromatic heterocycles. The summed E-state index contributed by atoms with van der Waals surface area (Å²) in [7, 11) is 0. The number of aryl methyl sites for hydroxylation is 2. The lowest BCUT2D eigenvalue weighted by Crippen LogP contribution is -2.38. The molecule has 1 atom stereocenters. The largest absolute Gasteiger partial charge is 0.396 e. The van der Waals surface area contributed by atoms with E-state index in [1.165, 1.54) is 6.20 Å². The Morgan fingerprint density at radius 2 is 2.00 bits per heavy atom. The van der Waals surface area contributed by atoms with E-state index < -0.39 is 17.1 Å². The van der Waals surface area contributed by atoms with Crippen molar-refractivity contribution in [2.45, 2.75) is 38.7 Å². The molecule has 0 fully saturated rings. The summed E-state index contributed by atoms with van der Waals surface area (Å²) in [5, 5.41) is 25.0. The molecule has 9 nitrogen and oxygen atoms in total. The minimum atomic E-state index is -2.12. The first-order valence-corrected chi connectivity index (χ1v) is 10.3. The summed E-state index contributed by atoms with van der Waals surface area (Å²) in [6, 6.07) is 8.36. The average molecular weight is 436 g/mol. The van der Waals surface area contributed by atoms with Crippen LogP contribution in [-0.2, 0) is 10.4 Å². The number of aromatic nitrogens is 4. The van der Waals surface area contributed by atoms with Gasteiger partial charge in [0.25, 0.3) is 0 Å². The van der Waals surface area contributed by atoms with E-state index in [1.807, 2.05) is 0 Å². The average Bonchev–Trinajstić information content (AvgIpc) is 3.33. The third-order valence-corrected chi connectivity index (χ3v) is 5.59. The Morgan fingerprint density at radius 3 is 2.66 bits per heavy atom. The van der Waals surface area contributed by atoms with Crippen molar-refractivity contribution in [3.8, 4) is 11.1 Å². The monoisotopic (exact) mass is 436 g/mol. The first kappa shape index (κ1) is 21.7. The number of carbonyl (C=O) groups is 1. The number of Topliss-reactive ketones (excluding diaryl/α,β-unsaturated/α-hetero) is 1. The van der Waals surface area contributed by atoms with Crippen LogP contribution in [-0.4, -0.2) is 42.7 Å². The second-order valence-corrected chi connectivity index (χ2v) is 7.75. The van der Waals surface area contributed by atoms with Gasteiger partial charge in [0.15, 0.2) is 11.4 Å². The Morgan fingerprint density at radius 1 is 1.19 bits per heavy atom. The SMILES string of the molecule is Cc1noc(C)c1-c1cc(C(O)(C(=O)CCCCO)c2ccccn2)c2[nH]c(=O)[nH]c2c1. The summed E-state index contributed by atoms with van der Waals surface area (Å²) in [4.78, 5) is 35.3. The number of ketones is 1. The molecule has 0 spiro atoms. The van der Waals surface area contributed by atoms with Gasteiger partial charge >= 0.3 is 5.69 Å². The molecule has 4 aromatic rings. The molecule has 3 heterocycles. The van der Waals surface area contributed by atoms with Crippen molar-refractivity contribution in [1.82, 2.24) is 20.1 Å². The van der Waals surface area contributed by atoms with Gasteiger partial charge in [-0.2, -0.15) is 0 Å². The number of carbonyl (C=O) groups excluding carboxylic acids is 1. The fraction of sp³-hybridized carbons (Fsp3) is 0.304. The number of imidazole rings is 1. The van der Waals surface area contributed by atoms with Crippen LogP contribution in [0.5, 0.6) is 0 Å². The van der Waals surface area contributed by atoms with Crippen LogP contribution >= 0.6 is 0 Å². The number of aliphatic hydroxyl groups is 2. The first-order valence-electron chi connectivity index (χ1n) is 10.3. The Labute approximate surface area is 183 Å². The van der Waals surface area contributed by atoms with Crippen molar-refractivity contribution < 1.29 is 19.5 Å². The highest BCUT2D eigenvalue weighted by molar-refractivity contribution is 5.97. The van der Waals surface area contributed by atoms with Crippen molar-refractivity contribution in [2.24, 2.45) is 0 Å². The van der Waals surface area contributed by atoms with Crippen molar-refractivity contribution in [2.75, 3.05) is 6.61 Å². The number of benzene rings is 1. The highest BCUT2D eigenvalue weighted by Gasteiger charge is 2.42. The van der Waals surface area contributed by atoms with Gasteiger partial charge in [0, 0.05) is 30.4 Å². The number of nitrogens with one attached hydrogen (secondary N) is 2. The van der Waals surface area contributed by atoms with Gasteiger partial charge in [-0.15, -0.1) is 0 Å². The Bertz CT molecular complexity index is 1300. The topological polar surface area (TPSA) is 145 Å². The highest BCUT2D eigenvalue weighted by Crippen LogP contribution is 2.38. The van der Waals surface area contributed by atoms with Crippen LogP contribution < -0.4 is 5.69 Å². The normalized spacial score (nSPS) is 13.4. The Balaban J connectivity index is 2.00. The molecule has 166 valence electrons. The lowest BCUT2D eigenvalue weighted by atomic mass is 9.81. The maximum Gasteiger partial charge on any atom is 0.323 e. The van der Waals surface area contributed by atoms with Crippen LogP contribution in [0, 0.1) is 13.8 Å². The molecule has 9 heteroatoms. The van der Waals surface area contributed by atoms with E-state index in [-0.39, 0.29) is 24.3 Å². The second-order valence-electron chi connectivity index (χ2n) is 7.75. The van der Waals surface area contributed by atoms with Crippen LogP contribution in [0.2, 0.25) is 0 Å². The molecule has 0 aliphatic rings. The van der Waals surface area contributed by atoms with Gasteiger partial charge in [-0.1, -0.05) is 11.2 Å². The minimum Gasteiger partial charge on any atom is -0.396 e. The maximum absolute atomic E-state index is 13.4. The predicted octanol–water partition coefficient (Wildman–Crippen LogP) is 2.49. The lowest BCUT2D eigenvalue weighted by Gasteiger charge is -2.28. The standard InChI is InChI=1S/C23H24N4O5/c1-13-20(14(2)32-27-13)15-11-16(21-17(12-15)25-22(30)26-21)23(31,18-7-3-5-9-24-18)19(29)8-4-6-10-28/h3,5,7,9,11-12,28,31H,4,6,8,10H2,1-2H3,(H2,25,26,30). The first-order chi connectivity index (χ1) is 15.4. The molecule has 0 aliphatic carbocycles. The third kappa shape index (κ3) is 3.65. The van der Waals surface area contributed by atoms with Crippen molar-refractivity contribution >= 4 is 16.8 Å². The van der Waals surface area contributed by atoms with Gasteiger partial charge in [0.2, 0.25) is 0 Å². The Kier molecular flexibility index (Phi) is 5.77. The number of unbranched alkanes of at least 4 members (excludes halogenated alkanes) is 1. The van der Waals surface area contributed by atoms with E-state index in [9.17, 15) is 14.7 Å². The number of aliphatic hydroxyl groups excluding tert-OH is 1. The lowest BCUT2D eigenvalue weighted by molar-refractivity contribution is -0.134. The molecule has 0 aliphatic heterocycles. The summed E-state index contributed by atoms with van der Waals surface area (Å²) in [5.41, 5.74) is 0.505. The van der Waals surface area contributed by atoms with Crippen LogP contribution in [0.3, 0.4) is 0 Å². The number of fused-ring (bicyclic) bond motifs is 1. The molecule has 0 bridgehead atoms. The minimum absolute atomic E-state index is 0.0271. The summed E-state index contributed by atoms with van der Waals surface area (Å²) < 4.78 is 5.29. The van der Waals surface area contributed by atoms with Gasteiger partial charge < -0.3 is 24.7 Å². The predicted molar refractivity (Wildman–Crippen MR) is 117 cm³/mol. The molecule has 0 saturated carbocycles. The Hall–Kier alpha value is -3.56. The van der Waals surface area contributed by atoms with Gasteiger partial charge in [0.05, 0.1) is 22.4 Å². The summed E-state index contributed by atoms with van der Waals surface area (Å²) in [6.45, 7) is 3.51. The zero-order valence-electron chi connectivity index (χ0n) is 17.8. The highest BCUT2D eigenvalue weighted by atomic mass is 16.5. The van der Waals surface area contributed by atoms with Crippen LogP contribution in [0.15, 0.2) is 45.8 Å². The number of aromatic amines is 2. The summed E-state index contributed by atoms with van der Waals surface area (Å²) >= 11 is 0. The second kappa shape index (κ2) is 8.52. The number of H-pyrrole nitrogens is 2. The van der Waals surface area contributed by atoms with E-state index in [1.54, 1.807) is 44.2 Å². The zero-order valence-corrected chi connectivity index (χ0v) is 17.8. The maximum atomic E-state index is 13.4. The van der Waals surface area contributed by atoms with Crippen LogP contribution in [0.25, 0.3) is 22.2 Å². The third-order valence-electron chi connectivity index (χ3n) is 5.59. The summed E-state index contributed by atoms with van der Waals surface area (Å²) in [5.74, 6) is 0.0882. The van der Waals surface area contributed by atoms with E-state index in [2.05, 4.69) is 20.1 Å². The molecule has 0 amide bonds. The number of hydrogen-bond acceptors (Lipinski definition) is 7. The van der Waals surface area contributed by atoms with Crippen molar-refractivity contribution in [3.63, 3.8) is 0 Å². The molecule has 1 unspecified atom stereocenters. The van der Waals surface area contributed by atoms with Gasteiger partial charge in [-0.05, 0) is 56.5 Å². The van der Waals surface area contributed by atoms with Crippen molar-refractivity contribution in [3.05, 3.63) is 69.7 Å². The fourth-order valence-electron chi connectivity index (χ4n) is 4.05. The number of nitrogens with zero attached hydrogens (tertiary/aromatic N) is 2. The van der Waals surface area contributed by atoms with Gasteiger partial charge in [-0.25, -0.2) is 4.79 Å². The van der Waals surface area contributed by atoms with Gasteiger partial charge in [0.1, 0.15) is 5.76 Å². The molecular formula is C23H24N4O5. The molecule has 4 rings (SSSR count). The molecule has 32 heavy (non-hydrogen) atoms. The van der Waals surface area contributed by atoms with Gasteiger partial charge in [-0.3, -0.25) is 9.78 Å². The molecule has 0 radical (unpaired) electrons. The zero-order chi connectivity index (χ0) is 22.9. The number of pyridine rings is 1. The molecular weight excluding hydrogens is 412 g/mol. The number of rotatable bonds is 8. The molecule has 0 saturated heterocycles. The van der Waals surface area contributed by atoms with Crippen molar-refractivity contribution in [1.29, 1.82) is 0 Å². The fourth-order valence-corrected chi connectivity index (χ4v) is 4.05. The molecule has 1 aromatic carbocycles. The van der Waals surface area contributed by atoms with E-state index in [0.29, 0.717) is 46.5 Å². The van der Waals surface area contributed by atoms with Crippen LogP contribution in [0.4, 0.5) is 0 Å². The quantitative estimate of drug-likeness (QED) is 0.311. The van der Waals surface area contributed by atoms with E-state index in [4.69, 9.17) is 9.63 Å². The smallest absolute Gasteiger partial charge is 0.323 e.